The molecule has 0 saturated carbocycles. The zero-order valence-electron chi connectivity index (χ0n) is 12.2. The van der Waals surface area contributed by atoms with E-state index in [9.17, 15) is 0 Å². The van der Waals surface area contributed by atoms with E-state index in [2.05, 4.69) is 22.1 Å². The lowest BCUT2D eigenvalue weighted by Gasteiger charge is -2.21. The molecule has 0 spiro atoms. The van der Waals surface area contributed by atoms with Crippen LogP contribution in [-0.2, 0) is 11.3 Å². The largest absolute Gasteiger partial charge is 0.395 e. The third-order valence-corrected chi connectivity index (χ3v) is 3.22. The maximum Gasteiger partial charge on any atom is 0.126 e. The number of anilines is 1. The molecule has 0 aliphatic carbocycles. The molecule has 2 N–H and O–H groups in total. The Morgan fingerprint density at radius 2 is 2.20 bits per heavy atom. The van der Waals surface area contributed by atoms with Crippen molar-refractivity contribution in [2.45, 2.75) is 19.9 Å². The predicted molar refractivity (Wildman–Crippen MR) is 82.3 cm³/mol. The van der Waals surface area contributed by atoms with Crippen molar-refractivity contribution in [1.82, 2.24) is 9.88 Å². The van der Waals surface area contributed by atoms with Crippen LogP contribution in [-0.4, -0.2) is 54.9 Å². The minimum absolute atomic E-state index is 0.106. The Bertz CT molecular complexity index is 391. The van der Waals surface area contributed by atoms with Crippen molar-refractivity contribution in [1.29, 1.82) is 0 Å². The summed E-state index contributed by atoms with van der Waals surface area (Å²) in [5.74, 6) is 0.835. The second-order valence-electron chi connectivity index (χ2n) is 4.54. The maximum absolute atomic E-state index is 9.11. The lowest BCUT2D eigenvalue weighted by Crippen LogP contribution is -2.30. The standard InChI is InChI=1S/C14H24ClN3O2/c1-3-6-16-14-5-4-12(15)13(17-14)11-18(7-9-19)8-10-20-2/h4-5,19H,3,6-11H2,1-2H3,(H,16,17). The SMILES string of the molecule is CCCNc1ccc(Cl)c(CN(CCO)CCOC)n1. The van der Waals surface area contributed by atoms with Crippen molar-refractivity contribution in [2.24, 2.45) is 0 Å². The van der Waals surface area contributed by atoms with E-state index in [0.717, 1.165) is 31.0 Å². The summed E-state index contributed by atoms with van der Waals surface area (Å²) in [7, 11) is 1.66. The molecule has 114 valence electrons. The van der Waals surface area contributed by atoms with Gasteiger partial charge in [-0.3, -0.25) is 4.90 Å². The highest BCUT2D eigenvalue weighted by molar-refractivity contribution is 6.31. The fraction of sp³-hybridized carbons (Fsp3) is 0.643. The zero-order chi connectivity index (χ0) is 14.8. The fourth-order valence-corrected chi connectivity index (χ4v) is 1.96. The van der Waals surface area contributed by atoms with E-state index >= 15 is 0 Å². The number of hydrogen-bond acceptors (Lipinski definition) is 5. The van der Waals surface area contributed by atoms with Crippen LogP contribution in [0, 0.1) is 0 Å². The summed E-state index contributed by atoms with van der Waals surface area (Å²) in [6.07, 6.45) is 1.05. The molecule has 1 heterocycles. The van der Waals surface area contributed by atoms with Crippen LogP contribution < -0.4 is 5.32 Å². The lowest BCUT2D eigenvalue weighted by atomic mass is 10.3. The molecule has 0 aliphatic rings. The van der Waals surface area contributed by atoms with Gasteiger partial charge in [0.25, 0.3) is 0 Å². The number of rotatable bonds is 10. The van der Waals surface area contributed by atoms with Gasteiger partial charge in [0.15, 0.2) is 0 Å². The average molecular weight is 302 g/mol. The molecule has 20 heavy (non-hydrogen) atoms. The summed E-state index contributed by atoms with van der Waals surface area (Å²) in [6.45, 7) is 5.64. The molecule has 0 aliphatic heterocycles. The Kier molecular flexibility index (Phi) is 8.53. The first kappa shape index (κ1) is 17.2. The number of hydrogen-bond donors (Lipinski definition) is 2. The minimum Gasteiger partial charge on any atom is -0.395 e. The second-order valence-corrected chi connectivity index (χ2v) is 4.95. The van der Waals surface area contributed by atoms with E-state index in [0.29, 0.717) is 24.7 Å². The quantitative estimate of drug-likeness (QED) is 0.692. The van der Waals surface area contributed by atoms with Gasteiger partial charge in [-0.25, -0.2) is 4.98 Å². The highest BCUT2D eigenvalue weighted by Crippen LogP contribution is 2.18. The number of aliphatic hydroxyl groups excluding tert-OH is 1. The molecule has 0 fully saturated rings. The molecule has 0 saturated heterocycles. The van der Waals surface area contributed by atoms with Gasteiger partial charge in [0.1, 0.15) is 5.82 Å². The molecule has 6 heteroatoms. The number of nitrogens with zero attached hydrogens (tertiary/aromatic N) is 2. The average Bonchev–Trinajstić information content (AvgIpc) is 2.45. The van der Waals surface area contributed by atoms with Gasteiger partial charge in [-0.1, -0.05) is 18.5 Å². The topological polar surface area (TPSA) is 57.6 Å². The van der Waals surface area contributed by atoms with Crippen LogP contribution in [0.3, 0.4) is 0 Å². The number of pyridine rings is 1. The fourth-order valence-electron chi connectivity index (χ4n) is 1.79. The summed E-state index contributed by atoms with van der Waals surface area (Å²) in [5, 5.41) is 13.0. The number of aromatic nitrogens is 1. The molecule has 0 atom stereocenters. The van der Waals surface area contributed by atoms with Gasteiger partial charge in [0.2, 0.25) is 0 Å². The van der Waals surface area contributed by atoms with Gasteiger partial charge < -0.3 is 15.2 Å². The highest BCUT2D eigenvalue weighted by atomic mass is 35.5. The third-order valence-electron chi connectivity index (χ3n) is 2.88. The number of halogens is 1. The van der Waals surface area contributed by atoms with Crippen LogP contribution in [0.2, 0.25) is 5.02 Å². The lowest BCUT2D eigenvalue weighted by molar-refractivity contribution is 0.126. The van der Waals surface area contributed by atoms with Crippen molar-refractivity contribution < 1.29 is 9.84 Å². The van der Waals surface area contributed by atoms with Gasteiger partial charge in [0.05, 0.1) is 23.9 Å². The van der Waals surface area contributed by atoms with Gasteiger partial charge in [-0.2, -0.15) is 0 Å². The van der Waals surface area contributed by atoms with Gasteiger partial charge in [0, 0.05) is 33.3 Å². The first-order valence-corrected chi connectivity index (χ1v) is 7.30. The van der Waals surface area contributed by atoms with Gasteiger partial charge in [-0.15, -0.1) is 0 Å². The Balaban J connectivity index is 2.71. The van der Waals surface area contributed by atoms with Crippen LogP contribution in [0.5, 0.6) is 0 Å². The van der Waals surface area contributed by atoms with E-state index in [1.54, 1.807) is 7.11 Å². The van der Waals surface area contributed by atoms with Crippen LogP contribution in [0.25, 0.3) is 0 Å². The van der Waals surface area contributed by atoms with E-state index < -0.39 is 0 Å². The molecule has 5 nitrogen and oxygen atoms in total. The van der Waals surface area contributed by atoms with Gasteiger partial charge in [-0.05, 0) is 18.6 Å². The predicted octanol–water partition coefficient (Wildman–Crippen LogP) is 2.00. The van der Waals surface area contributed by atoms with Crippen molar-refractivity contribution in [2.75, 3.05) is 45.3 Å². The molecule has 0 unspecified atom stereocenters. The Labute approximate surface area is 125 Å². The molecule has 0 radical (unpaired) electrons. The smallest absolute Gasteiger partial charge is 0.126 e. The van der Waals surface area contributed by atoms with Crippen LogP contribution >= 0.6 is 11.6 Å². The van der Waals surface area contributed by atoms with Crippen molar-refractivity contribution in [3.8, 4) is 0 Å². The van der Waals surface area contributed by atoms with Crippen LogP contribution in [0.1, 0.15) is 19.0 Å². The molecule has 0 bridgehead atoms. The number of aliphatic hydroxyl groups is 1. The Hall–Kier alpha value is -0.880. The molecule has 1 aromatic rings. The van der Waals surface area contributed by atoms with Crippen LogP contribution in [0.4, 0.5) is 5.82 Å². The van der Waals surface area contributed by atoms with Gasteiger partial charge >= 0.3 is 0 Å². The van der Waals surface area contributed by atoms with E-state index in [1.165, 1.54) is 0 Å². The minimum atomic E-state index is 0.106. The normalized spacial score (nSPS) is 11.1. The number of methoxy groups -OCH3 is 1. The Morgan fingerprint density at radius 3 is 2.85 bits per heavy atom. The molecule has 1 rings (SSSR count). The van der Waals surface area contributed by atoms with Crippen molar-refractivity contribution in [3.05, 3.63) is 22.8 Å². The third kappa shape index (κ3) is 6.05. The van der Waals surface area contributed by atoms with E-state index in [1.807, 2.05) is 12.1 Å². The van der Waals surface area contributed by atoms with Crippen LogP contribution in [0.15, 0.2) is 12.1 Å². The van der Waals surface area contributed by atoms with E-state index in [4.69, 9.17) is 21.4 Å². The Morgan fingerprint density at radius 1 is 1.40 bits per heavy atom. The monoisotopic (exact) mass is 301 g/mol. The molecular weight excluding hydrogens is 278 g/mol. The molecule has 0 aromatic carbocycles. The molecule has 1 aromatic heterocycles. The second kappa shape index (κ2) is 9.94. The first-order valence-electron chi connectivity index (χ1n) is 6.92. The highest BCUT2D eigenvalue weighted by Gasteiger charge is 2.10. The maximum atomic E-state index is 9.11. The summed E-state index contributed by atoms with van der Waals surface area (Å²) in [6, 6.07) is 3.74. The van der Waals surface area contributed by atoms with Crippen molar-refractivity contribution in [3.63, 3.8) is 0 Å². The summed E-state index contributed by atoms with van der Waals surface area (Å²) >= 11 is 6.20. The summed E-state index contributed by atoms with van der Waals surface area (Å²) < 4.78 is 5.07. The number of nitrogens with one attached hydrogen (secondary N) is 1. The van der Waals surface area contributed by atoms with Crippen molar-refractivity contribution >= 4 is 17.4 Å². The number of ether oxygens (including phenoxy) is 1. The summed E-state index contributed by atoms with van der Waals surface area (Å²) in [5.41, 5.74) is 0.817. The summed E-state index contributed by atoms with van der Waals surface area (Å²) in [4.78, 5) is 6.60. The zero-order valence-corrected chi connectivity index (χ0v) is 13.0. The molecular formula is C14H24ClN3O2. The van der Waals surface area contributed by atoms with E-state index in [-0.39, 0.29) is 6.61 Å². The first-order chi connectivity index (χ1) is 9.71. The molecule has 0 amide bonds.